The van der Waals surface area contributed by atoms with E-state index in [2.05, 4.69) is 10.2 Å². The van der Waals surface area contributed by atoms with Crippen LogP contribution in [-0.4, -0.2) is 20.4 Å². The van der Waals surface area contributed by atoms with Crippen LogP contribution in [-0.2, 0) is 0 Å². The summed E-state index contributed by atoms with van der Waals surface area (Å²) in [5.41, 5.74) is 1.64. The lowest BCUT2D eigenvalue weighted by molar-refractivity contribution is 0.404. The van der Waals surface area contributed by atoms with E-state index in [0.29, 0.717) is 15.6 Å². The van der Waals surface area contributed by atoms with Gasteiger partial charge in [0.1, 0.15) is 15.4 Å². The molecule has 1 heterocycles. The highest BCUT2D eigenvalue weighted by Crippen LogP contribution is 2.36. The van der Waals surface area contributed by atoms with Crippen molar-refractivity contribution >= 4 is 22.9 Å². The van der Waals surface area contributed by atoms with Gasteiger partial charge in [-0.1, -0.05) is 41.7 Å². The summed E-state index contributed by atoms with van der Waals surface area (Å²) in [5.74, 6) is -0.349. The van der Waals surface area contributed by atoms with Crippen molar-refractivity contribution < 1.29 is 10.2 Å². The minimum absolute atomic E-state index is 0.164. The molecule has 0 aliphatic rings. The van der Waals surface area contributed by atoms with Gasteiger partial charge in [0.2, 0.25) is 0 Å². The van der Waals surface area contributed by atoms with Gasteiger partial charge in [-0.05, 0) is 23.8 Å². The molecule has 0 aliphatic heterocycles. The van der Waals surface area contributed by atoms with E-state index in [4.69, 9.17) is 11.6 Å². The summed E-state index contributed by atoms with van der Waals surface area (Å²) in [6, 6.07) is 14.2. The molecule has 1 atom stereocenters. The van der Waals surface area contributed by atoms with Crippen molar-refractivity contribution in [2.75, 3.05) is 0 Å². The highest BCUT2D eigenvalue weighted by molar-refractivity contribution is 7.15. The number of aromatic nitrogens is 2. The molecule has 0 bridgehead atoms. The molecule has 21 heavy (non-hydrogen) atoms. The number of phenols is 2. The van der Waals surface area contributed by atoms with E-state index in [-0.39, 0.29) is 16.9 Å². The van der Waals surface area contributed by atoms with Crippen LogP contribution in [0.1, 0.15) is 15.9 Å². The Labute approximate surface area is 130 Å². The first-order chi connectivity index (χ1) is 10.1. The lowest BCUT2D eigenvalue weighted by Gasteiger charge is -2.04. The Morgan fingerprint density at radius 2 is 1.71 bits per heavy atom. The van der Waals surface area contributed by atoms with Gasteiger partial charge in [-0.25, -0.2) is 0 Å². The number of benzene rings is 2. The zero-order chi connectivity index (χ0) is 14.8. The average Bonchev–Trinajstić information content (AvgIpc) is 3.00. The predicted octanol–water partition coefficient (Wildman–Crippen LogP) is 3.94. The largest absolute Gasteiger partial charge is 0.504 e. The van der Waals surface area contributed by atoms with E-state index in [0.717, 1.165) is 5.56 Å². The van der Waals surface area contributed by atoms with Gasteiger partial charge in [-0.2, -0.15) is 0 Å². The van der Waals surface area contributed by atoms with Gasteiger partial charge in [0.05, 0.1) is 0 Å². The molecule has 3 rings (SSSR count). The van der Waals surface area contributed by atoms with E-state index in [1.54, 1.807) is 6.07 Å². The molecular weight excluding hydrogens is 308 g/mol. The zero-order valence-corrected chi connectivity index (χ0v) is 12.3. The molecule has 0 saturated carbocycles. The fourth-order valence-electron chi connectivity index (χ4n) is 1.87. The summed E-state index contributed by atoms with van der Waals surface area (Å²) < 4.78 is 0. The van der Waals surface area contributed by atoms with Crippen LogP contribution in [0.25, 0.3) is 10.6 Å². The molecule has 0 aliphatic carbocycles. The molecule has 0 fully saturated rings. The van der Waals surface area contributed by atoms with E-state index in [9.17, 15) is 10.2 Å². The zero-order valence-electron chi connectivity index (χ0n) is 10.8. The predicted molar refractivity (Wildman–Crippen MR) is 82.8 cm³/mol. The van der Waals surface area contributed by atoms with Gasteiger partial charge in [0.25, 0.3) is 0 Å². The highest BCUT2D eigenvalue weighted by Gasteiger charge is 2.17. The number of halogens is 1. The summed E-state index contributed by atoms with van der Waals surface area (Å²) in [7, 11) is 0. The number of aromatic hydroxyl groups is 2. The Balaban J connectivity index is 1.91. The Kier molecular flexibility index (Phi) is 3.77. The van der Waals surface area contributed by atoms with Crippen LogP contribution in [0.15, 0.2) is 48.5 Å². The summed E-state index contributed by atoms with van der Waals surface area (Å²) in [6.07, 6.45) is 0. The van der Waals surface area contributed by atoms with Crippen LogP contribution in [0.3, 0.4) is 0 Å². The van der Waals surface area contributed by atoms with E-state index in [1.807, 2.05) is 30.3 Å². The molecule has 6 heteroatoms. The molecule has 4 nitrogen and oxygen atoms in total. The van der Waals surface area contributed by atoms with E-state index < -0.39 is 0 Å². The summed E-state index contributed by atoms with van der Waals surface area (Å²) in [4.78, 5) is 0. The van der Waals surface area contributed by atoms with Crippen LogP contribution in [0.2, 0.25) is 0 Å². The Bertz CT molecular complexity index is 761. The number of rotatable bonds is 3. The number of phenolic OH excluding ortho intramolecular Hbond substituents is 2. The average molecular weight is 319 g/mol. The van der Waals surface area contributed by atoms with Crippen molar-refractivity contribution in [2.45, 2.75) is 5.38 Å². The molecule has 2 N–H and O–H groups in total. The van der Waals surface area contributed by atoms with Crippen LogP contribution < -0.4 is 0 Å². The van der Waals surface area contributed by atoms with E-state index in [1.165, 1.54) is 23.5 Å². The fraction of sp³-hybridized carbons (Fsp3) is 0.0667. The van der Waals surface area contributed by atoms with E-state index >= 15 is 0 Å². The molecule has 0 spiro atoms. The van der Waals surface area contributed by atoms with Crippen LogP contribution in [0, 0.1) is 0 Å². The second kappa shape index (κ2) is 5.71. The van der Waals surface area contributed by atoms with Crippen molar-refractivity contribution in [3.63, 3.8) is 0 Å². The van der Waals surface area contributed by atoms with Gasteiger partial charge in [-0.15, -0.1) is 21.8 Å². The third-order valence-corrected chi connectivity index (χ3v) is 4.60. The van der Waals surface area contributed by atoms with Crippen molar-refractivity contribution in [3.05, 3.63) is 59.1 Å². The first-order valence-electron chi connectivity index (χ1n) is 6.20. The smallest absolute Gasteiger partial charge is 0.158 e. The van der Waals surface area contributed by atoms with Crippen molar-refractivity contribution in [2.24, 2.45) is 0 Å². The number of alkyl halides is 1. The lowest BCUT2D eigenvalue weighted by Crippen LogP contribution is -1.91. The SMILES string of the molecule is Oc1ccc(-c2nnc(C(Cl)c3ccccc3)s2)cc1O. The number of hydrogen-bond acceptors (Lipinski definition) is 5. The maximum atomic E-state index is 9.54. The standard InChI is InChI=1S/C15H11ClN2O2S/c16-13(9-4-2-1-3-5-9)15-18-17-14(21-15)10-6-7-11(19)12(20)8-10/h1-8,13,19-20H. The van der Waals surface area contributed by atoms with Gasteiger partial charge < -0.3 is 10.2 Å². The summed E-state index contributed by atoms with van der Waals surface area (Å²) in [6.45, 7) is 0. The lowest BCUT2D eigenvalue weighted by atomic mass is 10.1. The molecule has 2 aromatic carbocycles. The molecule has 1 aromatic heterocycles. The monoisotopic (exact) mass is 318 g/mol. The first kappa shape index (κ1) is 13.9. The molecule has 0 amide bonds. The summed E-state index contributed by atoms with van der Waals surface area (Å²) >= 11 is 7.76. The molecule has 0 saturated heterocycles. The Morgan fingerprint density at radius 3 is 2.43 bits per heavy atom. The van der Waals surface area contributed by atoms with Crippen LogP contribution in [0.5, 0.6) is 11.5 Å². The highest BCUT2D eigenvalue weighted by atomic mass is 35.5. The third kappa shape index (κ3) is 2.84. The number of hydrogen-bond donors (Lipinski definition) is 2. The van der Waals surface area contributed by atoms with Crippen LogP contribution in [0.4, 0.5) is 0 Å². The van der Waals surface area contributed by atoms with Crippen molar-refractivity contribution in [1.82, 2.24) is 10.2 Å². The van der Waals surface area contributed by atoms with Crippen molar-refractivity contribution in [3.8, 4) is 22.1 Å². The first-order valence-corrected chi connectivity index (χ1v) is 7.45. The quantitative estimate of drug-likeness (QED) is 0.567. The second-order valence-electron chi connectivity index (χ2n) is 4.42. The molecule has 1 unspecified atom stereocenters. The maximum absolute atomic E-state index is 9.54. The van der Waals surface area contributed by atoms with Crippen molar-refractivity contribution in [1.29, 1.82) is 0 Å². The van der Waals surface area contributed by atoms with Gasteiger partial charge >= 0.3 is 0 Å². The fourth-order valence-corrected chi connectivity index (χ4v) is 3.04. The maximum Gasteiger partial charge on any atom is 0.158 e. The number of nitrogens with zero attached hydrogens (tertiary/aromatic N) is 2. The second-order valence-corrected chi connectivity index (χ2v) is 5.87. The van der Waals surface area contributed by atoms with Crippen LogP contribution >= 0.6 is 22.9 Å². The molecule has 3 aromatic rings. The molecular formula is C15H11ClN2O2S. The van der Waals surface area contributed by atoms with Gasteiger partial charge in [0, 0.05) is 5.56 Å². The topological polar surface area (TPSA) is 66.2 Å². The molecule has 0 radical (unpaired) electrons. The minimum Gasteiger partial charge on any atom is -0.504 e. The minimum atomic E-state index is -0.358. The molecule has 106 valence electrons. The normalized spacial score (nSPS) is 12.2. The Hall–Kier alpha value is -2.11. The third-order valence-electron chi connectivity index (χ3n) is 2.97. The summed E-state index contributed by atoms with van der Waals surface area (Å²) in [5, 5.41) is 28.0. The Morgan fingerprint density at radius 1 is 0.952 bits per heavy atom. The van der Waals surface area contributed by atoms with Gasteiger partial charge in [0.15, 0.2) is 11.5 Å². The van der Waals surface area contributed by atoms with Gasteiger partial charge in [-0.3, -0.25) is 0 Å².